The summed E-state index contributed by atoms with van der Waals surface area (Å²) in [7, 11) is 0. The van der Waals surface area contributed by atoms with Gasteiger partial charge in [0.15, 0.2) is 11.6 Å². The Bertz CT molecular complexity index is 1900. The van der Waals surface area contributed by atoms with Crippen LogP contribution in [0.4, 0.5) is 0 Å². The molecule has 2 unspecified atom stereocenters. The number of carboxylic acids is 1. The number of hydrogen-bond acceptors (Lipinski definition) is 11. The zero-order valence-corrected chi connectivity index (χ0v) is 41.8. The first-order chi connectivity index (χ1) is 31.7. The van der Waals surface area contributed by atoms with Crippen LogP contribution in [0.5, 0.6) is 0 Å². The fraction of sp³-hybridized carbons (Fsp3) is 0.774. The first-order valence-electron chi connectivity index (χ1n) is 25.5. The maximum atomic E-state index is 14.7. The monoisotopic (exact) mass is 939 g/mol. The molecule has 18 atom stereocenters. The van der Waals surface area contributed by atoms with Gasteiger partial charge in [0.2, 0.25) is 0 Å². The molecule has 14 heteroatoms. The lowest BCUT2D eigenvalue weighted by Crippen LogP contribution is -2.66. The highest BCUT2D eigenvalue weighted by Crippen LogP contribution is 2.54. The number of aliphatic hydroxyl groups excluding tert-OH is 1. The van der Waals surface area contributed by atoms with Crippen molar-refractivity contribution in [3.05, 3.63) is 48.0 Å². The molecule has 0 saturated carbocycles. The Morgan fingerprint density at radius 3 is 2.19 bits per heavy atom. The van der Waals surface area contributed by atoms with Crippen molar-refractivity contribution in [3.8, 4) is 0 Å². The molecule has 2 spiro atoms. The second-order valence-electron chi connectivity index (χ2n) is 21.3. The van der Waals surface area contributed by atoms with Gasteiger partial charge in [0, 0.05) is 36.6 Å². The molecule has 5 heterocycles. The molecule has 4 saturated heterocycles. The molecule has 5 N–H and O–H groups in total. The third-order valence-corrected chi connectivity index (χ3v) is 16.7. The molecular formula is C53H82N2O12. The Morgan fingerprint density at radius 2 is 1.55 bits per heavy atom. The van der Waals surface area contributed by atoms with Crippen LogP contribution in [-0.4, -0.2) is 111 Å². The molecule has 0 aliphatic carbocycles. The number of hydrogen-bond donors (Lipinski definition) is 5. The molecule has 0 radical (unpaired) electrons. The third kappa shape index (κ3) is 11.2. The number of ketones is 1. The van der Waals surface area contributed by atoms with E-state index in [0.717, 1.165) is 18.4 Å². The Hall–Kier alpha value is -3.24. The van der Waals surface area contributed by atoms with Gasteiger partial charge in [-0.3, -0.25) is 19.2 Å². The van der Waals surface area contributed by atoms with Crippen LogP contribution in [0.2, 0.25) is 0 Å². The smallest absolute Gasteiger partial charge is 0.309 e. The molecule has 1 aromatic carbocycles. The Labute approximate surface area is 399 Å². The maximum Gasteiger partial charge on any atom is 0.309 e. The van der Waals surface area contributed by atoms with Crippen molar-refractivity contribution in [2.45, 2.75) is 212 Å². The second kappa shape index (κ2) is 21.8. The second-order valence-corrected chi connectivity index (χ2v) is 21.3. The number of Topliss-reactive ketones (excluding diaryl/α,β-unsaturated/α-hetero) is 1. The molecular weight excluding hydrogens is 857 g/mol. The minimum absolute atomic E-state index is 0.0686. The zero-order valence-electron chi connectivity index (χ0n) is 41.8. The highest BCUT2D eigenvalue weighted by Gasteiger charge is 2.63. The predicted molar refractivity (Wildman–Crippen MR) is 252 cm³/mol. The molecule has 14 nitrogen and oxygen atoms in total. The van der Waals surface area contributed by atoms with E-state index in [1.807, 2.05) is 84.9 Å². The van der Waals surface area contributed by atoms with E-state index in [0.29, 0.717) is 70.8 Å². The summed E-state index contributed by atoms with van der Waals surface area (Å²) in [5.74, 6) is -8.15. The van der Waals surface area contributed by atoms with E-state index in [2.05, 4.69) is 24.5 Å². The van der Waals surface area contributed by atoms with Crippen LogP contribution in [0.3, 0.4) is 0 Å². The molecule has 0 aromatic heterocycles. The van der Waals surface area contributed by atoms with Crippen molar-refractivity contribution in [2.24, 2.45) is 41.4 Å². The van der Waals surface area contributed by atoms with E-state index in [-0.39, 0.29) is 23.5 Å². The van der Waals surface area contributed by atoms with E-state index in [1.165, 1.54) is 0 Å². The Balaban J connectivity index is 1.22. The van der Waals surface area contributed by atoms with Crippen LogP contribution in [0, 0.1) is 41.4 Å². The van der Waals surface area contributed by atoms with Crippen molar-refractivity contribution >= 4 is 23.6 Å². The maximum absolute atomic E-state index is 14.7. The van der Waals surface area contributed by atoms with E-state index in [9.17, 15) is 34.5 Å². The van der Waals surface area contributed by atoms with Crippen LogP contribution in [0.1, 0.15) is 145 Å². The number of carboxylic acid groups (broad SMARTS) is 1. The quantitative estimate of drug-likeness (QED) is 0.0607. The SMILES string of the molecule is CCC(C(=O)[C@@H](C)[C@@H](O)[C@H](C)[C@@H]1O[C@@H]([C@@H](CC)C(=O)O)CC[C@@H]1C)[C@H]1O[C@]2(C=CC(NC(=O)C(=O)NCCCc3ccccc3)[C@]3(CC[C@@](C)([C@H]4CC[C@](O)(CC)[C@H](C)O4)O3)O2)[C@H](C)C[C@@H]1C. The average Bonchev–Trinajstić information content (AvgIpc) is 3.65. The molecule has 67 heavy (non-hydrogen) atoms. The van der Waals surface area contributed by atoms with Gasteiger partial charge in [0.05, 0.1) is 53.7 Å². The molecule has 376 valence electrons. The summed E-state index contributed by atoms with van der Waals surface area (Å²) in [6.45, 7) is 19.7. The van der Waals surface area contributed by atoms with Gasteiger partial charge in [-0.15, -0.1) is 0 Å². The molecule has 5 aliphatic heterocycles. The predicted octanol–water partition coefficient (Wildman–Crippen LogP) is 7.06. The van der Waals surface area contributed by atoms with Crippen LogP contribution in [0.25, 0.3) is 0 Å². The van der Waals surface area contributed by atoms with Crippen molar-refractivity contribution in [2.75, 3.05) is 6.54 Å². The molecule has 2 amide bonds. The number of carbonyl (C=O) groups excluding carboxylic acids is 3. The number of carbonyl (C=O) groups is 4. The molecule has 1 aromatic rings. The standard InChI is InChI=1S/C53H82N2O12/c1-11-38(49(60)61)40-22-21-31(4)45(64-40)35(8)43(56)34(7)44(57)39(12-2)46-32(5)30-33(6)52(65-46)26-23-41(55-48(59)47(58)54-29-17-20-37-18-15-14-16-19-37)53(67-52)28-27-50(10,66-53)42-24-25-51(62,13-3)36(9)63-42/h14-16,18-19,23,26,31-36,38-43,45-46,56,62H,11-13,17,20-22,24-25,27-30H2,1-10H3,(H,54,58)(H,55,59)(H,60,61)/t31-,32-,33+,34-,35-,36-,38+,39?,40+,41?,42+,43+,45+,46-,50-,51+,52-,53-/m0/s1. The van der Waals surface area contributed by atoms with Crippen LogP contribution in [-0.2, 0) is 49.3 Å². The summed E-state index contributed by atoms with van der Waals surface area (Å²) in [5, 5.41) is 38.8. The number of nitrogens with one attached hydrogen (secondary N) is 2. The molecule has 0 bridgehead atoms. The lowest BCUT2D eigenvalue weighted by atomic mass is 9.72. The molecule has 6 rings (SSSR count). The van der Waals surface area contributed by atoms with Crippen LogP contribution < -0.4 is 10.6 Å². The number of rotatable bonds is 17. The minimum atomic E-state index is -1.49. The fourth-order valence-corrected chi connectivity index (χ4v) is 12.1. The highest BCUT2D eigenvalue weighted by atomic mass is 16.8. The summed E-state index contributed by atoms with van der Waals surface area (Å²) in [6, 6.07) is 9.05. The normalized spacial score (nSPS) is 38.7. The number of ether oxygens (including phenoxy) is 5. The summed E-state index contributed by atoms with van der Waals surface area (Å²) in [5.41, 5.74) is -0.703. The van der Waals surface area contributed by atoms with Crippen molar-refractivity contribution in [1.82, 2.24) is 10.6 Å². The number of aliphatic hydroxyl groups is 2. The van der Waals surface area contributed by atoms with E-state index < -0.39 is 107 Å². The molecule has 4 fully saturated rings. The highest BCUT2D eigenvalue weighted by molar-refractivity contribution is 6.35. The summed E-state index contributed by atoms with van der Waals surface area (Å²) in [6.07, 6.45) is 7.04. The van der Waals surface area contributed by atoms with Gasteiger partial charge >= 0.3 is 17.8 Å². The largest absolute Gasteiger partial charge is 0.481 e. The average molecular weight is 939 g/mol. The topological polar surface area (TPSA) is 199 Å². The van der Waals surface area contributed by atoms with Gasteiger partial charge < -0.3 is 49.6 Å². The van der Waals surface area contributed by atoms with Crippen molar-refractivity contribution < 1.29 is 58.2 Å². The van der Waals surface area contributed by atoms with Gasteiger partial charge in [-0.05, 0) is 108 Å². The third-order valence-electron chi connectivity index (χ3n) is 16.7. The van der Waals surface area contributed by atoms with E-state index in [1.54, 1.807) is 13.0 Å². The Kier molecular flexibility index (Phi) is 17.3. The summed E-state index contributed by atoms with van der Waals surface area (Å²) >= 11 is 0. The Morgan fingerprint density at radius 1 is 0.851 bits per heavy atom. The van der Waals surface area contributed by atoms with E-state index in [4.69, 9.17) is 23.7 Å². The minimum Gasteiger partial charge on any atom is -0.481 e. The number of amides is 2. The van der Waals surface area contributed by atoms with Crippen molar-refractivity contribution in [3.63, 3.8) is 0 Å². The first-order valence-corrected chi connectivity index (χ1v) is 25.5. The zero-order chi connectivity index (χ0) is 49.1. The molecule has 5 aliphatic rings. The first kappa shape index (κ1) is 53.1. The number of benzene rings is 1. The lowest BCUT2D eigenvalue weighted by Gasteiger charge is -2.55. The lowest BCUT2D eigenvalue weighted by molar-refractivity contribution is -0.398. The van der Waals surface area contributed by atoms with Gasteiger partial charge in [-0.2, -0.15) is 0 Å². The summed E-state index contributed by atoms with van der Waals surface area (Å²) < 4.78 is 34.5. The van der Waals surface area contributed by atoms with Gasteiger partial charge in [0.25, 0.3) is 0 Å². The number of aliphatic carboxylic acids is 1. The van der Waals surface area contributed by atoms with Crippen LogP contribution in [0.15, 0.2) is 42.5 Å². The fourth-order valence-electron chi connectivity index (χ4n) is 12.1. The van der Waals surface area contributed by atoms with Gasteiger partial charge in [0.1, 0.15) is 11.8 Å². The van der Waals surface area contributed by atoms with Gasteiger partial charge in [-0.1, -0.05) is 91.8 Å². The number of aryl methyl sites for hydroxylation is 1. The summed E-state index contributed by atoms with van der Waals surface area (Å²) in [4.78, 5) is 53.8. The van der Waals surface area contributed by atoms with Gasteiger partial charge in [-0.25, -0.2) is 0 Å². The van der Waals surface area contributed by atoms with Crippen LogP contribution >= 0.6 is 0 Å². The van der Waals surface area contributed by atoms with E-state index >= 15 is 0 Å². The van der Waals surface area contributed by atoms with Crippen molar-refractivity contribution in [1.29, 1.82) is 0 Å².